The first-order valence-corrected chi connectivity index (χ1v) is 3.70. The topological polar surface area (TPSA) is 96.4 Å². The Balaban J connectivity index is 2.79. The highest BCUT2D eigenvalue weighted by Gasteiger charge is 2.23. The van der Waals surface area contributed by atoms with E-state index in [0.717, 1.165) is 0 Å². The van der Waals surface area contributed by atoms with Gasteiger partial charge in [0.2, 0.25) is 0 Å². The van der Waals surface area contributed by atoms with Crippen LogP contribution in [-0.2, 0) is 4.79 Å². The van der Waals surface area contributed by atoms with Crippen molar-refractivity contribution >= 4 is 5.97 Å². The van der Waals surface area contributed by atoms with Gasteiger partial charge in [0.25, 0.3) is 0 Å². The van der Waals surface area contributed by atoms with Crippen LogP contribution in [0.5, 0.6) is 0 Å². The number of carbonyl (C=O) groups is 1. The van der Waals surface area contributed by atoms with Gasteiger partial charge in [0.05, 0.1) is 5.69 Å². The SMILES string of the molecule is NC(C(=O)O)C(O)c1ccccn1. The second-order valence-electron chi connectivity index (χ2n) is 2.56. The molecule has 4 N–H and O–H groups in total. The van der Waals surface area contributed by atoms with Gasteiger partial charge >= 0.3 is 5.97 Å². The lowest BCUT2D eigenvalue weighted by atomic mass is 10.1. The second-order valence-corrected chi connectivity index (χ2v) is 2.56. The van der Waals surface area contributed by atoms with Gasteiger partial charge in [-0.3, -0.25) is 9.78 Å². The molecule has 1 heterocycles. The van der Waals surface area contributed by atoms with Gasteiger partial charge in [-0.25, -0.2) is 0 Å². The van der Waals surface area contributed by atoms with Crippen LogP contribution in [0.1, 0.15) is 11.8 Å². The number of pyridine rings is 1. The molecule has 13 heavy (non-hydrogen) atoms. The average molecular weight is 182 g/mol. The molecule has 5 heteroatoms. The predicted octanol–water partition coefficient (Wildman–Crippen LogP) is -0.473. The molecule has 1 aromatic heterocycles. The molecule has 2 unspecified atom stereocenters. The minimum atomic E-state index is -1.34. The number of carboxylic acids is 1. The van der Waals surface area contributed by atoms with E-state index in [-0.39, 0.29) is 5.69 Å². The Kier molecular flexibility index (Phi) is 2.94. The molecule has 0 amide bonds. The predicted molar refractivity (Wildman–Crippen MR) is 44.8 cm³/mol. The van der Waals surface area contributed by atoms with Crippen molar-refractivity contribution in [2.24, 2.45) is 5.73 Å². The number of aliphatic hydroxyl groups is 1. The largest absolute Gasteiger partial charge is 0.480 e. The summed E-state index contributed by atoms with van der Waals surface area (Å²) in [5, 5.41) is 17.9. The summed E-state index contributed by atoms with van der Waals surface area (Å²) in [5.74, 6) is -1.25. The summed E-state index contributed by atoms with van der Waals surface area (Å²) in [6, 6.07) is 3.51. The molecule has 5 nitrogen and oxygen atoms in total. The van der Waals surface area contributed by atoms with Gasteiger partial charge in [-0.2, -0.15) is 0 Å². The molecule has 0 radical (unpaired) electrons. The van der Waals surface area contributed by atoms with Gasteiger partial charge in [-0.1, -0.05) is 6.07 Å². The number of nitrogens with zero attached hydrogens (tertiary/aromatic N) is 1. The van der Waals surface area contributed by atoms with E-state index in [4.69, 9.17) is 10.8 Å². The van der Waals surface area contributed by atoms with E-state index in [9.17, 15) is 9.90 Å². The maximum Gasteiger partial charge on any atom is 0.323 e. The molecular weight excluding hydrogens is 172 g/mol. The van der Waals surface area contributed by atoms with Crippen LogP contribution in [0.15, 0.2) is 24.4 Å². The third-order valence-electron chi connectivity index (χ3n) is 1.62. The molecule has 2 atom stereocenters. The van der Waals surface area contributed by atoms with Crippen molar-refractivity contribution in [1.82, 2.24) is 4.98 Å². The smallest absolute Gasteiger partial charge is 0.323 e. The van der Waals surface area contributed by atoms with Gasteiger partial charge in [0, 0.05) is 6.20 Å². The van der Waals surface area contributed by atoms with Crippen molar-refractivity contribution in [2.45, 2.75) is 12.1 Å². The molecule has 0 aliphatic heterocycles. The highest BCUT2D eigenvalue weighted by molar-refractivity contribution is 5.74. The minimum Gasteiger partial charge on any atom is -0.480 e. The van der Waals surface area contributed by atoms with Crippen molar-refractivity contribution in [3.05, 3.63) is 30.1 Å². The van der Waals surface area contributed by atoms with Crippen LogP contribution in [0, 0.1) is 0 Å². The highest BCUT2D eigenvalue weighted by atomic mass is 16.4. The first kappa shape index (κ1) is 9.63. The Hall–Kier alpha value is -1.46. The van der Waals surface area contributed by atoms with Crippen LogP contribution in [0.25, 0.3) is 0 Å². The van der Waals surface area contributed by atoms with Gasteiger partial charge in [-0.15, -0.1) is 0 Å². The molecule has 1 rings (SSSR count). The normalized spacial score (nSPS) is 14.9. The Morgan fingerprint density at radius 2 is 2.23 bits per heavy atom. The van der Waals surface area contributed by atoms with E-state index >= 15 is 0 Å². The number of aliphatic hydroxyl groups excluding tert-OH is 1. The van der Waals surface area contributed by atoms with Crippen LogP contribution in [0.2, 0.25) is 0 Å². The van der Waals surface area contributed by atoms with E-state index in [2.05, 4.69) is 4.98 Å². The fourth-order valence-corrected chi connectivity index (χ4v) is 0.870. The Morgan fingerprint density at radius 3 is 2.69 bits per heavy atom. The average Bonchev–Trinajstić information content (AvgIpc) is 2.17. The van der Waals surface area contributed by atoms with Crippen molar-refractivity contribution in [1.29, 1.82) is 0 Å². The Morgan fingerprint density at radius 1 is 1.54 bits per heavy atom. The standard InChI is InChI=1S/C8H10N2O3/c9-6(8(12)13)7(11)5-3-1-2-4-10-5/h1-4,6-7,11H,9H2,(H,12,13). The van der Waals surface area contributed by atoms with E-state index < -0.39 is 18.1 Å². The van der Waals surface area contributed by atoms with Crippen molar-refractivity contribution in [3.8, 4) is 0 Å². The molecule has 0 saturated heterocycles. The zero-order valence-corrected chi connectivity index (χ0v) is 6.79. The summed E-state index contributed by atoms with van der Waals surface area (Å²) in [6.07, 6.45) is 0.200. The van der Waals surface area contributed by atoms with Crippen LogP contribution in [0.3, 0.4) is 0 Å². The van der Waals surface area contributed by atoms with E-state index in [1.807, 2.05) is 0 Å². The maximum atomic E-state index is 10.4. The highest BCUT2D eigenvalue weighted by Crippen LogP contribution is 2.11. The second kappa shape index (κ2) is 3.97. The molecule has 0 aliphatic rings. The number of rotatable bonds is 3. The zero-order valence-electron chi connectivity index (χ0n) is 6.79. The van der Waals surface area contributed by atoms with E-state index in [0.29, 0.717) is 0 Å². The molecule has 1 aromatic rings. The number of hydrogen-bond donors (Lipinski definition) is 3. The molecule has 0 bridgehead atoms. The van der Waals surface area contributed by atoms with Crippen molar-refractivity contribution in [2.75, 3.05) is 0 Å². The lowest BCUT2D eigenvalue weighted by Crippen LogP contribution is -2.36. The summed E-state index contributed by atoms with van der Waals surface area (Å²) in [5.41, 5.74) is 5.46. The van der Waals surface area contributed by atoms with Gasteiger partial charge in [-0.05, 0) is 12.1 Å². The van der Waals surface area contributed by atoms with E-state index in [1.54, 1.807) is 12.1 Å². The number of hydrogen-bond acceptors (Lipinski definition) is 4. The van der Waals surface area contributed by atoms with Gasteiger partial charge in [0.1, 0.15) is 12.1 Å². The summed E-state index contributed by atoms with van der Waals surface area (Å²) in [7, 11) is 0. The monoisotopic (exact) mass is 182 g/mol. The first-order chi connectivity index (χ1) is 6.13. The molecule has 0 aromatic carbocycles. The number of nitrogens with two attached hydrogens (primary N) is 1. The molecule has 0 saturated carbocycles. The van der Waals surface area contributed by atoms with Crippen LogP contribution in [-0.4, -0.2) is 27.2 Å². The van der Waals surface area contributed by atoms with E-state index in [1.165, 1.54) is 12.3 Å². The molecule has 0 spiro atoms. The third-order valence-corrected chi connectivity index (χ3v) is 1.62. The molecule has 0 fully saturated rings. The zero-order chi connectivity index (χ0) is 9.84. The fraction of sp³-hybridized carbons (Fsp3) is 0.250. The minimum absolute atomic E-state index is 0.261. The van der Waals surface area contributed by atoms with Crippen molar-refractivity contribution in [3.63, 3.8) is 0 Å². The maximum absolute atomic E-state index is 10.4. The van der Waals surface area contributed by atoms with Crippen LogP contribution < -0.4 is 5.73 Å². The summed E-state index contributed by atoms with van der Waals surface area (Å²) >= 11 is 0. The Labute approximate surface area is 74.8 Å². The lowest BCUT2D eigenvalue weighted by Gasteiger charge is -2.13. The summed E-state index contributed by atoms with van der Waals surface area (Å²) in [6.45, 7) is 0. The molecule has 70 valence electrons. The number of aromatic nitrogens is 1. The molecular formula is C8H10N2O3. The van der Waals surface area contributed by atoms with Crippen molar-refractivity contribution < 1.29 is 15.0 Å². The lowest BCUT2D eigenvalue weighted by molar-refractivity contribution is -0.141. The fourth-order valence-electron chi connectivity index (χ4n) is 0.870. The third kappa shape index (κ3) is 2.24. The number of aliphatic carboxylic acids is 1. The number of carboxylic acid groups (broad SMARTS) is 1. The van der Waals surface area contributed by atoms with Crippen LogP contribution in [0.4, 0.5) is 0 Å². The summed E-state index contributed by atoms with van der Waals surface area (Å²) in [4.78, 5) is 14.2. The quantitative estimate of drug-likeness (QED) is 0.587. The van der Waals surface area contributed by atoms with Gasteiger partial charge in [0.15, 0.2) is 0 Å². The van der Waals surface area contributed by atoms with Crippen LogP contribution >= 0.6 is 0 Å². The van der Waals surface area contributed by atoms with Gasteiger partial charge < -0.3 is 15.9 Å². The summed E-state index contributed by atoms with van der Waals surface area (Å²) < 4.78 is 0. The molecule has 0 aliphatic carbocycles. The first-order valence-electron chi connectivity index (χ1n) is 3.70. The Bertz CT molecular complexity index is 289.